The minimum Gasteiger partial charge on any atom is -0.350 e. The maximum absolute atomic E-state index is 13.7. The third-order valence-electron chi connectivity index (χ3n) is 4.73. The van der Waals surface area contributed by atoms with Crippen LogP contribution in [-0.4, -0.2) is 22.4 Å². The first-order chi connectivity index (χ1) is 13.8. The summed E-state index contributed by atoms with van der Waals surface area (Å²) in [5.41, 5.74) is 2.42. The molecule has 2 aromatic heterocycles. The number of hydrogen-bond acceptors (Lipinski definition) is 3. The Morgan fingerprint density at radius 1 is 1.03 bits per heavy atom. The van der Waals surface area contributed by atoms with Crippen LogP contribution < -0.4 is 5.32 Å². The van der Waals surface area contributed by atoms with Crippen molar-refractivity contribution in [3.8, 4) is 11.1 Å². The number of carbonyl (C=O) groups is 1. The summed E-state index contributed by atoms with van der Waals surface area (Å²) in [5.74, 6) is -1.18. The Balaban J connectivity index is 1.69. The summed E-state index contributed by atoms with van der Waals surface area (Å²) in [6.07, 6.45) is -0.863. The molecule has 1 amide bonds. The Bertz CT molecular complexity index is 1100. The summed E-state index contributed by atoms with van der Waals surface area (Å²) in [7, 11) is 0. The molecule has 3 aromatic rings. The van der Waals surface area contributed by atoms with Crippen LogP contribution in [0.3, 0.4) is 0 Å². The van der Waals surface area contributed by atoms with E-state index in [1.54, 1.807) is 30.6 Å². The average Bonchev–Trinajstić information content (AvgIpc) is 2.67. The molecule has 0 saturated heterocycles. The van der Waals surface area contributed by atoms with E-state index in [0.29, 0.717) is 30.4 Å². The van der Waals surface area contributed by atoms with Gasteiger partial charge in [-0.05, 0) is 65.1 Å². The topological polar surface area (TPSA) is 54.9 Å². The Labute approximate surface area is 163 Å². The van der Waals surface area contributed by atoms with Gasteiger partial charge in [0.15, 0.2) is 0 Å². The molecule has 0 atom stereocenters. The van der Waals surface area contributed by atoms with E-state index in [-0.39, 0.29) is 17.9 Å². The fourth-order valence-corrected chi connectivity index (χ4v) is 3.46. The maximum Gasteiger partial charge on any atom is 0.416 e. The van der Waals surface area contributed by atoms with Gasteiger partial charge in [-0.1, -0.05) is 0 Å². The zero-order valence-corrected chi connectivity index (χ0v) is 15.1. The molecule has 0 aliphatic carbocycles. The van der Waals surface area contributed by atoms with Gasteiger partial charge in [0.25, 0.3) is 5.91 Å². The van der Waals surface area contributed by atoms with Gasteiger partial charge in [0.05, 0.1) is 5.56 Å². The van der Waals surface area contributed by atoms with Crippen LogP contribution in [0.2, 0.25) is 0 Å². The zero-order chi connectivity index (χ0) is 20.6. The van der Waals surface area contributed by atoms with E-state index in [9.17, 15) is 22.4 Å². The molecule has 4 rings (SSSR count). The molecule has 1 aliphatic rings. The summed E-state index contributed by atoms with van der Waals surface area (Å²) in [4.78, 5) is 20.4. The van der Waals surface area contributed by atoms with E-state index >= 15 is 0 Å². The van der Waals surface area contributed by atoms with E-state index in [1.165, 1.54) is 0 Å². The minimum absolute atomic E-state index is 0.0441. The molecule has 148 valence electrons. The van der Waals surface area contributed by atoms with Crippen LogP contribution >= 0.6 is 0 Å². The Morgan fingerprint density at radius 3 is 2.62 bits per heavy atom. The van der Waals surface area contributed by atoms with Crippen LogP contribution in [-0.2, 0) is 19.0 Å². The molecule has 0 unspecified atom stereocenters. The highest BCUT2D eigenvalue weighted by Crippen LogP contribution is 2.31. The average molecular weight is 401 g/mol. The second-order valence-corrected chi connectivity index (χ2v) is 6.75. The smallest absolute Gasteiger partial charge is 0.350 e. The van der Waals surface area contributed by atoms with Crippen LogP contribution in [0.25, 0.3) is 11.1 Å². The molecule has 3 heterocycles. The second kappa shape index (κ2) is 7.27. The van der Waals surface area contributed by atoms with Crippen LogP contribution in [0.1, 0.15) is 32.9 Å². The SMILES string of the molecule is O=C1NCCc2c(-c3ccnc(Cc4cc(F)cc(C(F)(F)F)c4)c3)ccnc21. The highest BCUT2D eigenvalue weighted by atomic mass is 19.4. The Morgan fingerprint density at radius 2 is 1.83 bits per heavy atom. The van der Waals surface area contributed by atoms with Crippen molar-refractivity contribution in [3.63, 3.8) is 0 Å². The van der Waals surface area contributed by atoms with Crippen molar-refractivity contribution in [2.75, 3.05) is 6.54 Å². The summed E-state index contributed by atoms with van der Waals surface area (Å²) in [6, 6.07) is 7.76. The molecule has 29 heavy (non-hydrogen) atoms. The van der Waals surface area contributed by atoms with Gasteiger partial charge in [-0.2, -0.15) is 13.2 Å². The first kappa shape index (κ1) is 19.0. The van der Waals surface area contributed by atoms with Crippen LogP contribution in [0.4, 0.5) is 17.6 Å². The van der Waals surface area contributed by atoms with Crippen molar-refractivity contribution in [2.24, 2.45) is 0 Å². The standard InChI is InChI=1S/C21H15F4N3O/c22-15-8-12(7-14(11-15)21(23,24)25)9-16-10-13(1-4-26-16)17-2-5-27-19-18(17)3-6-28-20(19)29/h1-2,4-5,7-8,10-11H,3,6,9H2,(H,28,29). The van der Waals surface area contributed by atoms with Gasteiger partial charge in [0, 0.05) is 31.1 Å². The number of pyridine rings is 2. The number of amides is 1. The Kier molecular flexibility index (Phi) is 4.77. The summed E-state index contributed by atoms with van der Waals surface area (Å²) in [5, 5.41) is 2.74. The molecule has 1 N–H and O–H groups in total. The molecular formula is C21H15F4N3O. The number of halogens is 4. The lowest BCUT2D eigenvalue weighted by Crippen LogP contribution is -2.33. The number of rotatable bonds is 3. The van der Waals surface area contributed by atoms with Crippen molar-refractivity contribution in [1.82, 2.24) is 15.3 Å². The van der Waals surface area contributed by atoms with Crippen molar-refractivity contribution in [2.45, 2.75) is 19.0 Å². The predicted octanol–water partition coefficient (Wildman–Crippen LogP) is 4.18. The van der Waals surface area contributed by atoms with Gasteiger partial charge in [0.1, 0.15) is 11.5 Å². The van der Waals surface area contributed by atoms with E-state index in [2.05, 4.69) is 15.3 Å². The molecule has 0 saturated carbocycles. The van der Waals surface area contributed by atoms with Gasteiger partial charge < -0.3 is 5.32 Å². The highest BCUT2D eigenvalue weighted by Gasteiger charge is 2.31. The minimum atomic E-state index is -4.62. The molecule has 8 heteroatoms. The number of hydrogen-bond donors (Lipinski definition) is 1. The molecule has 1 aliphatic heterocycles. The number of fused-ring (bicyclic) bond motifs is 1. The largest absolute Gasteiger partial charge is 0.416 e. The first-order valence-corrected chi connectivity index (χ1v) is 8.89. The summed E-state index contributed by atoms with van der Waals surface area (Å²) >= 11 is 0. The molecule has 0 spiro atoms. The highest BCUT2D eigenvalue weighted by molar-refractivity contribution is 5.96. The van der Waals surface area contributed by atoms with Gasteiger partial charge in [-0.3, -0.25) is 14.8 Å². The second-order valence-electron chi connectivity index (χ2n) is 6.75. The van der Waals surface area contributed by atoms with Crippen LogP contribution in [0.5, 0.6) is 0 Å². The number of aromatic nitrogens is 2. The van der Waals surface area contributed by atoms with E-state index in [1.807, 2.05) is 0 Å². The molecular weight excluding hydrogens is 386 g/mol. The molecule has 0 radical (unpaired) electrons. The van der Waals surface area contributed by atoms with Crippen molar-refractivity contribution < 1.29 is 22.4 Å². The predicted molar refractivity (Wildman–Crippen MR) is 97.7 cm³/mol. The lowest BCUT2D eigenvalue weighted by atomic mass is 9.94. The lowest BCUT2D eigenvalue weighted by molar-refractivity contribution is -0.137. The number of carbonyl (C=O) groups excluding carboxylic acids is 1. The normalized spacial score (nSPS) is 13.7. The molecule has 1 aromatic carbocycles. The Hall–Kier alpha value is -3.29. The van der Waals surface area contributed by atoms with Crippen LogP contribution in [0.15, 0.2) is 48.8 Å². The van der Waals surface area contributed by atoms with Crippen molar-refractivity contribution in [1.29, 1.82) is 0 Å². The first-order valence-electron chi connectivity index (χ1n) is 8.89. The summed E-state index contributed by atoms with van der Waals surface area (Å²) in [6.45, 7) is 0.506. The fourth-order valence-electron chi connectivity index (χ4n) is 3.46. The molecule has 4 nitrogen and oxygen atoms in total. The molecule has 0 fully saturated rings. The number of alkyl halides is 3. The number of nitrogens with zero attached hydrogens (tertiary/aromatic N) is 2. The zero-order valence-electron chi connectivity index (χ0n) is 15.1. The maximum atomic E-state index is 13.7. The molecule has 0 bridgehead atoms. The lowest BCUT2D eigenvalue weighted by Gasteiger charge is -2.19. The van der Waals surface area contributed by atoms with E-state index < -0.39 is 17.6 Å². The third-order valence-corrected chi connectivity index (χ3v) is 4.73. The van der Waals surface area contributed by atoms with Gasteiger partial charge in [0.2, 0.25) is 0 Å². The number of nitrogens with one attached hydrogen (secondary N) is 1. The van der Waals surface area contributed by atoms with Gasteiger partial charge in [-0.15, -0.1) is 0 Å². The summed E-state index contributed by atoms with van der Waals surface area (Å²) < 4.78 is 52.5. The van der Waals surface area contributed by atoms with Crippen molar-refractivity contribution >= 4 is 5.91 Å². The fraction of sp³-hybridized carbons (Fsp3) is 0.190. The van der Waals surface area contributed by atoms with E-state index in [4.69, 9.17) is 0 Å². The third kappa shape index (κ3) is 3.96. The van der Waals surface area contributed by atoms with Gasteiger partial charge >= 0.3 is 6.18 Å². The van der Waals surface area contributed by atoms with Crippen LogP contribution in [0, 0.1) is 5.82 Å². The number of benzene rings is 1. The van der Waals surface area contributed by atoms with E-state index in [0.717, 1.165) is 28.8 Å². The quantitative estimate of drug-likeness (QED) is 0.670. The van der Waals surface area contributed by atoms with Gasteiger partial charge in [-0.25, -0.2) is 4.39 Å². The van der Waals surface area contributed by atoms with Crippen molar-refractivity contribution in [3.05, 3.63) is 82.7 Å². The monoisotopic (exact) mass is 401 g/mol.